The molecule has 0 nitrogen and oxygen atoms in total. The van der Waals surface area contributed by atoms with Crippen LogP contribution < -0.4 is 0 Å². The summed E-state index contributed by atoms with van der Waals surface area (Å²) in [6.45, 7) is -2.67. The fourth-order valence-electron chi connectivity index (χ4n) is 1.31. The molecular weight excluding hydrogens is 435 g/mol. The van der Waals surface area contributed by atoms with E-state index in [9.17, 15) is 52.7 Å². The van der Waals surface area contributed by atoms with E-state index in [4.69, 9.17) is 22.2 Å². The molecule has 0 aromatic carbocycles. The first-order valence-electron chi connectivity index (χ1n) is 5.70. The summed E-state index contributed by atoms with van der Waals surface area (Å²) in [5.41, 5.74) is 0. The number of halogens is 14. The van der Waals surface area contributed by atoms with Crippen molar-refractivity contribution in [2.45, 2.75) is 55.1 Å². The van der Waals surface area contributed by atoms with Crippen molar-refractivity contribution in [3.63, 3.8) is 0 Å². The molecule has 0 aliphatic carbocycles. The Bertz CT molecular complexity index is 444. The van der Waals surface area contributed by atoms with E-state index in [1.807, 2.05) is 0 Å². The Morgan fingerprint density at radius 3 is 1.42 bits per heavy atom. The first-order chi connectivity index (χ1) is 10.2. The summed E-state index contributed by atoms with van der Waals surface area (Å²) in [6, 6.07) is -1.19. The molecule has 0 bridgehead atoms. The Labute approximate surface area is 137 Å². The van der Waals surface area contributed by atoms with Crippen LogP contribution in [0.4, 0.5) is 52.7 Å². The molecule has 0 aromatic heterocycles. The second kappa shape index (κ2) is 6.60. The highest BCUT2D eigenvalue weighted by Gasteiger charge is 2.87. The first kappa shape index (κ1) is 24.0. The first-order valence-corrected chi connectivity index (χ1v) is 10.4. The average Bonchev–Trinajstić information content (AvgIpc) is 2.34. The van der Waals surface area contributed by atoms with Crippen LogP contribution in [0.25, 0.3) is 0 Å². The van der Waals surface area contributed by atoms with Crippen LogP contribution in [-0.2, 0) is 0 Å². The summed E-state index contributed by atoms with van der Waals surface area (Å²) in [5, 5.41) is 0. The molecule has 146 valence electrons. The number of rotatable bonds is 8. The zero-order chi connectivity index (χ0) is 20.0. The van der Waals surface area contributed by atoms with Gasteiger partial charge in [0.25, 0.3) is 0 Å². The molecule has 0 aliphatic rings. The van der Waals surface area contributed by atoms with Crippen molar-refractivity contribution in [2.24, 2.45) is 0 Å². The fourth-order valence-corrected chi connectivity index (χ4v) is 2.63. The van der Waals surface area contributed by atoms with Crippen LogP contribution in [0.2, 0.25) is 12.6 Å². The van der Waals surface area contributed by atoms with Gasteiger partial charge in [-0.1, -0.05) is 0 Å². The van der Waals surface area contributed by atoms with E-state index in [1.165, 1.54) is 0 Å². The van der Waals surface area contributed by atoms with Crippen LogP contribution >= 0.6 is 22.2 Å². The van der Waals surface area contributed by atoms with Crippen LogP contribution in [0.3, 0.4) is 0 Å². The van der Waals surface area contributed by atoms with Gasteiger partial charge in [0.1, 0.15) is 0 Å². The number of hydrogen-bond acceptors (Lipinski definition) is 0. The molecule has 0 atom stereocenters. The molecule has 0 heterocycles. The second-order valence-electron chi connectivity index (χ2n) is 4.92. The molecular formula is C9H8Cl2F12Si. The zero-order valence-corrected chi connectivity index (χ0v) is 13.8. The van der Waals surface area contributed by atoms with Crippen molar-refractivity contribution in [3.8, 4) is 0 Å². The summed E-state index contributed by atoms with van der Waals surface area (Å²) in [4.78, 5) is 0. The van der Waals surface area contributed by atoms with E-state index in [0.717, 1.165) is 6.55 Å². The predicted molar refractivity (Wildman–Crippen MR) is 63.5 cm³/mol. The summed E-state index contributed by atoms with van der Waals surface area (Å²) in [6.07, 6.45) is -7.76. The van der Waals surface area contributed by atoms with Crippen LogP contribution in [-0.4, -0.2) is 42.7 Å². The third-order valence-corrected chi connectivity index (χ3v) is 5.08. The minimum atomic E-state index is -7.50. The van der Waals surface area contributed by atoms with Crippen LogP contribution in [0.5, 0.6) is 0 Å². The van der Waals surface area contributed by atoms with Crippen molar-refractivity contribution in [2.75, 3.05) is 0 Å². The number of hydrogen-bond donors (Lipinski definition) is 0. The fraction of sp³-hybridized carbons (Fsp3) is 1.00. The molecule has 0 radical (unpaired) electrons. The molecule has 0 saturated heterocycles. The molecule has 0 unspecified atom stereocenters. The third-order valence-electron chi connectivity index (χ3n) is 2.82. The summed E-state index contributed by atoms with van der Waals surface area (Å²) >= 11 is 10.6. The average molecular weight is 443 g/mol. The topological polar surface area (TPSA) is 0 Å². The minimum Gasteiger partial charge on any atom is -0.203 e. The van der Waals surface area contributed by atoms with E-state index in [0.29, 0.717) is 0 Å². The third kappa shape index (κ3) is 4.02. The largest absolute Gasteiger partial charge is 0.384 e. The number of alkyl halides is 12. The van der Waals surface area contributed by atoms with Gasteiger partial charge in [0.15, 0.2) is 0 Å². The maximum absolute atomic E-state index is 13.3. The van der Waals surface area contributed by atoms with Gasteiger partial charge in [-0.05, 0) is 12.6 Å². The van der Waals surface area contributed by atoms with Gasteiger partial charge in [-0.3, -0.25) is 0 Å². The lowest BCUT2D eigenvalue weighted by Crippen LogP contribution is -2.68. The molecule has 0 aliphatic heterocycles. The SMILES string of the molecule is C[Si](Cl)(Cl)CCC(F)(F)C(F)(F)C(F)(F)C(F)(F)C(F)(F)C(F)F. The van der Waals surface area contributed by atoms with Gasteiger partial charge in [0, 0.05) is 6.42 Å². The lowest BCUT2D eigenvalue weighted by Gasteiger charge is -2.39. The van der Waals surface area contributed by atoms with Gasteiger partial charge in [0.05, 0.1) is 0 Å². The Kier molecular flexibility index (Phi) is 6.59. The van der Waals surface area contributed by atoms with Gasteiger partial charge in [-0.2, -0.15) is 43.9 Å². The molecule has 0 amide bonds. The van der Waals surface area contributed by atoms with E-state index in [-0.39, 0.29) is 0 Å². The van der Waals surface area contributed by atoms with Gasteiger partial charge < -0.3 is 0 Å². The monoisotopic (exact) mass is 442 g/mol. The molecule has 0 saturated carbocycles. The highest BCUT2D eigenvalue weighted by atomic mass is 35.7. The lowest BCUT2D eigenvalue weighted by molar-refractivity contribution is -0.412. The molecule has 15 heteroatoms. The molecule has 24 heavy (non-hydrogen) atoms. The highest BCUT2D eigenvalue weighted by molar-refractivity contribution is 7.44. The van der Waals surface area contributed by atoms with Crippen molar-refractivity contribution in [1.82, 2.24) is 0 Å². The van der Waals surface area contributed by atoms with Gasteiger partial charge in [-0.15, -0.1) is 22.2 Å². The Morgan fingerprint density at radius 1 is 0.750 bits per heavy atom. The van der Waals surface area contributed by atoms with Gasteiger partial charge in [-0.25, -0.2) is 8.78 Å². The van der Waals surface area contributed by atoms with E-state index in [2.05, 4.69) is 0 Å². The van der Waals surface area contributed by atoms with E-state index < -0.39 is 55.2 Å². The smallest absolute Gasteiger partial charge is 0.203 e. The van der Waals surface area contributed by atoms with Crippen molar-refractivity contribution in [1.29, 1.82) is 0 Å². The van der Waals surface area contributed by atoms with E-state index in [1.54, 1.807) is 0 Å². The zero-order valence-electron chi connectivity index (χ0n) is 11.3. The lowest BCUT2D eigenvalue weighted by atomic mass is 9.93. The van der Waals surface area contributed by atoms with Crippen LogP contribution in [0, 0.1) is 0 Å². The standard InChI is InChI=1S/C9H8Cl2F12Si/c1-24(10,11)3-2-5(14,15)7(18,19)9(22,23)8(20,21)6(16,17)4(12)13/h4H,2-3H2,1H3. The molecule has 0 N–H and O–H groups in total. The summed E-state index contributed by atoms with van der Waals surface area (Å²) < 4.78 is 154. The Balaban J connectivity index is 5.89. The van der Waals surface area contributed by atoms with Gasteiger partial charge >= 0.3 is 36.0 Å². The van der Waals surface area contributed by atoms with Crippen LogP contribution in [0.15, 0.2) is 0 Å². The van der Waals surface area contributed by atoms with Crippen LogP contribution in [0.1, 0.15) is 6.42 Å². The maximum Gasteiger partial charge on any atom is 0.384 e. The highest BCUT2D eigenvalue weighted by Crippen LogP contribution is 2.59. The minimum absolute atomic E-state index is 0.905. The Morgan fingerprint density at radius 2 is 1.12 bits per heavy atom. The van der Waals surface area contributed by atoms with Crippen molar-refractivity contribution in [3.05, 3.63) is 0 Å². The predicted octanol–water partition coefficient (Wildman–Crippen LogP) is 6.37. The van der Waals surface area contributed by atoms with Crippen molar-refractivity contribution < 1.29 is 52.7 Å². The summed E-state index contributed by atoms with van der Waals surface area (Å²) in [5.74, 6) is -35.0. The molecule has 0 aromatic rings. The Hall–Kier alpha value is -0.0431. The quantitative estimate of drug-likeness (QED) is 0.233. The molecule has 0 fully saturated rings. The van der Waals surface area contributed by atoms with Gasteiger partial charge in [0.2, 0.25) is 6.69 Å². The van der Waals surface area contributed by atoms with E-state index >= 15 is 0 Å². The molecule has 0 rings (SSSR count). The van der Waals surface area contributed by atoms with Crippen molar-refractivity contribution >= 4 is 28.9 Å². The molecule has 0 spiro atoms. The second-order valence-corrected chi connectivity index (χ2v) is 13.1. The normalized spacial score (nSPS) is 16.0. The maximum atomic E-state index is 13.3. The summed E-state index contributed by atoms with van der Waals surface area (Å²) in [7, 11) is 0.